The van der Waals surface area contributed by atoms with Gasteiger partial charge >= 0.3 is 0 Å². The van der Waals surface area contributed by atoms with Crippen LogP contribution in [0.15, 0.2) is 0 Å². The molecule has 0 aromatic heterocycles. The van der Waals surface area contributed by atoms with Crippen molar-refractivity contribution < 1.29 is 19.2 Å². The molecule has 0 bridgehead atoms. The van der Waals surface area contributed by atoms with E-state index in [0.717, 1.165) is 32.2 Å². The molecule has 3 rings (SSSR count). The third kappa shape index (κ3) is 3.20. The maximum atomic E-state index is 12.6. The Morgan fingerprint density at radius 3 is 2.61 bits per heavy atom. The number of carbonyl (C=O) groups is 3. The van der Waals surface area contributed by atoms with Crippen molar-refractivity contribution in [2.45, 2.75) is 56.9 Å². The number of hydrogen-bond donors (Lipinski definition) is 1. The van der Waals surface area contributed by atoms with Crippen molar-refractivity contribution >= 4 is 17.7 Å². The number of carbonyl (C=O) groups excluding carboxylic acids is 3. The normalized spacial score (nSPS) is 28.0. The third-order valence-corrected chi connectivity index (χ3v) is 5.24. The van der Waals surface area contributed by atoms with E-state index in [2.05, 4.69) is 5.48 Å². The van der Waals surface area contributed by atoms with E-state index in [1.54, 1.807) is 9.80 Å². The molecule has 3 heterocycles. The van der Waals surface area contributed by atoms with Gasteiger partial charge in [0.1, 0.15) is 5.54 Å². The van der Waals surface area contributed by atoms with Gasteiger partial charge in [0.05, 0.1) is 6.61 Å². The highest BCUT2D eigenvalue weighted by molar-refractivity contribution is 5.92. The van der Waals surface area contributed by atoms with Crippen molar-refractivity contribution in [2.24, 2.45) is 0 Å². The van der Waals surface area contributed by atoms with Gasteiger partial charge in [-0.1, -0.05) is 6.42 Å². The second-order valence-electron chi connectivity index (χ2n) is 6.65. The van der Waals surface area contributed by atoms with E-state index in [0.29, 0.717) is 38.8 Å². The van der Waals surface area contributed by atoms with E-state index in [1.807, 2.05) is 0 Å². The fraction of sp³-hybridized carbons (Fsp3) is 0.812. The minimum Gasteiger partial charge on any atom is -0.340 e. The summed E-state index contributed by atoms with van der Waals surface area (Å²) < 4.78 is 0. The molecule has 0 radical (unpaired) electrons. The molecule has 0 aromatic rings. The van der Waals surface area contributed by atoms with Crippen LogP contribution in [0.1, 0.15) is 51.4 Å². The first-order valence-corrected chi connectivity index (χ1v) is 8.64. The van der Waals surface area contributed by atoms with Crippen LogP contribution in [0.5, 0.6) is 0 Å². The van der Waals surface area contributed by atoms with Crippen LogP contribution in [0.3, 0.4) is 0 Å². The summed E-state index contributed by atoms with van der Waals surface area (Å²) in [5.41, 5.74) is 1.81. The quantitative estimate of drug-likeness (QED) is 0.593. The van der Waals surface area contributed by atoms with E-state index in [9.17, 15) is 14.4 Å². The highest BCUT2D eigenvalue weighted by Gasteiger charge is 2.50. The zero-order valence-electron chi connectivity index (χ0n) is 13.5. The molecule has 7 heteroatoms. The lowest BCUT2D eigenvalue weighted by molar-refractivity contribution is -0.152. The standard InChI is InChI=1S/C16H25N3O4/c20-13-6-3-9-18(13)11-12-23-17-15(22)16-7-2-1-5-14(21)19(16)10-4-8-16/h1-12H2,(H,17,22). The first-order valence-electron chi connectivity index (χ1n) is 8.64. The number of amides is 3. The number of likely N-dealkylation sites (tertiary alicyclic amines) is 1. The molecule has 128 valence electrons. The Balaban J connectivity index is 1.52. The lowest BCUT2D eigenvalue weighted by Gasteiger charge is -2.35. The summed E-state index contributed by atoms with van der Waals surface area (Å²) in [6.45, 7) is 2.20. The Morgan fingerprint density at radius 2 is 1.83 bits per heavy atom. The van der Waals surface area contributed by atoms with E-state index in [4.69, 9.17) is 4.84 Å². The molecular weight excluding hydrogens is 298 g/mol. The molecule has 3 aliphatic heterocycles. The molecule has 3 saturated heterocycles. The highest BCUT2D eigenvalue weighted by atomic mass is 16.7. The molecule has 1 atom stereocenters. The predicted octanol–water partition coefficient (Wildman–Crippen LogP) is 0.592. The van der Waals surface area contributed by atoms with E-state index in [1.165, 1.54) is 0 Å². The molecule has 3 fully saturated rings. The van der Waals surface area contributed by atoms with Crippen LogP contribution in [0.25, 0.3) is 0 Å². The second kappa shape index (κ2) is 6.86. The van der Waals surface area contributed by atoms with Crippen LogP contribution >= 0.6 is 0 Å². The Kier molecular flexibility index (Phi) is 4.84. The summed E-state index contributed by atoms with van der Waals surface area (Å²) >= 11 is 0. The maximum absolute atomic E-state index is 12.6. The molecular formula is C16H25N3O4. The predicted molar refractivity (Wildman–Crippen MR) is 82.1 cm³/mol. The molecule has 7 nitrogen and oxygen atoms in total. The second-order valence-corrected chi connectivity index (χ2v) is 6.65. The average Bonchev–Trinajstić information content (AvgIpc) is 3.11. The maximum Gasteiger partial charge on any atom is 0.269 e. The fourth-order valence-electron chi connectivity index (χ4n) is 3.99. The van der Waals surface area contributed by atoms with Crippen molar-refractivity contribution in [3.05, 3.63) is 0 Å². The van der Waals surface area contributed by atoms with Gasteiger partial charge in [-0.3, -0.25) is 19.2 Å². The number of nitrogens with zero attached hydrogens (tertiary/aromatic N) is 2. The number of hydrogen-bond acceptors (Lipinski definition) is 4. The Labute approximate surface area is 136 Å². The average molecular weight is 323 g/mol. The summed E-state index contributed by atoms with van der Waals surface area (Å²) in [7, 11) is 0. The molecule has 0 saturated carbocycles. The molecule has 0 spiro atoms. The first kappa shape index (κ1) is 16.2. The monoisotopic (exact) mass is 323 g/mol. The third-order valence-electron chi connectivity index (χ3n) is 5.24. The van der Waals surface area contributed by atoms with Gasteiger partial charge in [-0.25, -0.2) is 5.48 Å². The van der Waals surface area contributed by atoms with Crippen LogP contribution in [0.4, 0.5) is 0 Å². The van der Waals surface area contributed by atoms with Crippen LogP contribution in [-0.2, 0) is 19.2 Å². The number of rotatable bonds is 5. The van der Waals surface area contributed by atoms with E-state index in [-0.39, 0.29) is 24.3 Å². The van der Waals surface area contributed by atoms with E-state index >= 15 is 0 Å². The van der Waals surface area contributed by atoms with Crippen molar-refractivity contribution in [3.63, 3.8) is 0 Å². The molecule has 3 aliphatic rings. The zero-order valence-corrected chi connectivity index (χ0v) is 13.5. The largest absolute Gasteiger partial charge is 0.340 e. The molecule has 0 aromatic carbocycles. The Hall–Kier alpha value is -1.63. The van der Waals surface area contributed by atoms with Crippen molar-refractivity contribution in [3.8, 4) is 0 Å². The summed E-state index contributed by atoms with van der Waals surface area (Å²) in [6.07, 6.45) is 6.05. The van der Waals surface area contributed by atoms with Crippen LogP contribution in [0.2, 0.25) is 0 Å². The Bertz CT molecular complexity index is 496. The van der Waals surface area contributed by atoms with E-state index < -0.39 is 5.54 Å². The van der Waals surface area contributed by atoms with Crippen LogP contribution in [-0.4, -0.2) is 59.3 Å². The minimum absolute atomic E-state index is 0.0813. The number of nitrogens with one attached hydrogen (secondary N) is 1. The summed E-state index contributed by atoms with van der Waals surface area (Å²) in [5.74, 6) is 0.0191. The van der Waals surface area contributed by atoms with Crippen molar-refractivity contribution in [1.29, 1.82) is 0 Å². The van der Waals surface area contributed by atoms with Crippen LogP contribution < -0.4 is 5.48 Å². The zero-order chi connectivity index (χ0) is 16.3. The van der Waals surface area contributed by atoms with Gasteiger partial charge in [-0.05, 0) is 32.1 Å². The molecule has 23 heavy (non-hydrogen) atoms. The topological polar surface area (TPSA) is 79.0 Å². The molecule has 1 N–H and O–H groups in total. The lowest BCUT2D eigenvalue weighted by atomic mass is 9.90. The smallest absolute Gasteiger partial charge is 0.269 e. The summed E-state index contributed by atoms with van der Waals surface area (Å²) in [6, 6.07) is 0. The van der Waals surface area contributed by atoms with Gasteiger partial charge in [0, 0.05) is 32.5 Å². The molecule has 3 amide bonds. The van der Waals surface area contributed by atoms with Crippen molar-refractivity contribution in [2.75, 3.05) is 26.2 Å². The minimum atomic E-state index is -0.725. The number of hydroxylamine groups is 1. The highest BCUT2D eigenvalue weighted by Crippen LogP contribution is 2.37. The fourth-order valence-corrected chi connectivity index (χ4v) is 3.99. The van der Waals surface area contributed by atoms with Crippen LogP contribution in [0, 0.1) is 0 Å². The van der Waals surface area contributed by atoms with Gasteiger partial charge in [-0.15, -0.1) is 0 Å². The summed E-state index contributed by atoms with van der Waals surface area (Å²) in [4.78, 5) is 45.2. The Morgan fingerprint density at radius 1 is 1.04 bits per heavy atom. The van der Waals surface area contributed by atoms with Gasteiger partial charge < -0.3 is 9.80 Å². The SMILES string of the molecule is O=C1CCCN1CCONC(=O)C12CCCCC(=O)N1CCC2. The molecule has 0 aliphatic carbocycles. The van der Waals surface area contributed by atoms with Crippen molar-refractivity contribution in [1.82, 2.24) is 15.3 Å². The van der Waals surface area contributed by atoms with Gasteiger partial charge in [0.15, 0.2) is 0 Å². The van der Waals surface area contributed by atoms with Gasteiger partial charge in [-0.2, -0.15) is 0 Å². The van der Waals surface area contributed by atoms with Gasteiger partial charge in [0.2, 0.25) is 11.8 Å². The van der Waals surface area contributed by atoms with Gasteiger partial charge in [0.25, 0.3) is 5.91 Å². The summed E-state index contributed by atoms with van der Waals surface area (Å²) in [5, 5.41) is 0. The molecule has 1 unspecified atom stereocenters. The lowest BCUT2D eigenvalue weighted by Crippen LogP contribution is -2.56. The number of fused-ring (bicyclic) bond motifs is 1. The first-order chi connectivity index (χ1) is 11.1.